The molecule has 0 aliphatic rings. The van der Waals surface area contributed by atoms with Gasteiger partial charge in [-0.15, -0.1) is 0 Å². The van der Waals surface area contributed by atoms with Crippen molar-refractivity contribution in [2.75, 3.05) is 5.73 Å². The summed E-state index contributed by atoms with van der Waals surface area (Å²) < 4.78 is 9.90. The molecule has 0 spiro atoms. The standard InChI is InChI=1S/C15H13N3OS/c16-15-17-14(18-20-15)12-6-8-13(9-7-12)19-10-11-4-2-1-3-5-11/h1-9H,10H2,(H2,16,17,18). The van der Waals surface area contributed by atoms with Crippen molar-refractivity contribution >= 4 is 16.7 Å². The molecule has 1 aromatic heterocycles. The Balaban J connectivity index is 1.67. The van der Waals surface area contributed by atoms with Crippen LogP contribution in [0.1, 0.15) is 5.56 Å². The number of hydrogen-bond acceptors (Lipinski definition) is 5. The number of ether oxygens (including phenoxy) is 1. The van der Waals surface area contributed by atoms with Crippen molar-refractivity contribution in [1.29, 1.82) is 0 Å². The SMILES string of the molecule is Nc1nc(-c2ccc(OCc3ccccc3)cc2)ns1. The van der Waals surface area contributed by atoms with Gasteiger partial charge in [-0.1, -0.05) is 30.3 Å². The zero-order chi connectivity index (χ0) is 13.8. The first-order chi connectivity index (χ1) is 9.81. The summed E-state index contributed by atoms with van der Waals surface area (Å²) in [4.78, 5) is 4.15. The first kappa shape index (κ1) is 12.6. The minimum absolute atomic E-state index is 0.476. The van der Waals surface area contributed by atoms with Crippen LogP contribution in [0, 0.1) is 0 Å². The highest BCUT2D eigenvalue weighted by Gasteiger charge is 2.04. The third-order valence-corrected chi connectivity index (χ3v) is 3.35. The third kappa shape index (κ3) is 2.95. The van der Waals surface area contributed by atoms with E-state index in [0.29, 0.717) is 17.6 Å². The lowest BCUT2D eigenvalue weighted by Crippen LogP contribution is -1.94. The Bertz CT molecular complexity index is 680. The van der Waals surface area contributed by atoms with E-state index in [1.165, 1.54) is 11.5 Å². The number of nitrogens with zero attached hydrogens (tertiary/aromatic N) is 2. The van der Waals surface area contributed by atoms with Crippen LogP contribution in [0.3, 0.4) is 0 Å². The summed E-state index contributed by atoms with van der Waals surface area (Å²) in [5, 5.41) is 0.476. The van der Waals surface area contributed by atoms with E-state index in [1.54, 1.807) is 0 Å². The Labute approximate surface area is 121 Å². The molecule has 1 heterocycles. The fourth-order valence-corrected chi connectivity index (χ4v) is 2.25. The van der Waals surface area contributed by atoms with Gasteiger partial charge in [0.15, 0.2) is 11.0 Å². The molecular weight excluding hydrogens is 270 g/mol. The molecular formula is C15H13N3OS. The zero-order valence-electron chi connectivity index (χ0n) is 10.7. The fraction of sp³-hybridized carbons (Fsp3) is 0.0667. The molecule has 4 nitrogen and oxygen atoms in total. The first-order valence-electron chi connectivity index (χ1n) is 6.17. The Morgan fingerprint density at radius 3 is 2.40 bits per heavy atom. The molecule has 0 unspecified atom stereocenters. The zero-order valence-corrected chi connectivity index (χ0v) is 11.5. The van der Waals surface area contributed by atoms with E-state index in [-0.39, 0.29) is 0 Å². The number of rotatable bonds is 4. The second kappa shape index (κ2) is 5.71. The predicted octanol–water partition coefficient (Wildman–Crippen LogP) is 3.37. The Morgan fingerprint density at radius 2 is 1.75 bits per heavy atom. The summed E-state index contributed by atoms with van der Waals surface area (Å²) in [6.45, 7) is 0.558. The Kier molecular flexibility index (Phi) is 3.60. The average molecular weight is 283 g/mol. The van der Waals surface area contributed by atoms with E-state index in [9.17, 15) is 0 Å². The van der Waals surface area contributed by atoms with Crippen molar-refractivity contribution < 1.29 is 4.74 Å². The van der Waals surface area contributed by atoms with Crippen LogP contribution in [0.5, 0.6) is 5.75 Å². The van der Waals surface area contributed by atoms with Gasteiger partial charge in [0.1, 0.15) is 12.4 Å². The van der Waals surface area contributed by atoms with Gasteiger partial charge in [0, 0.05) is 17.1 Å². The largest absolute Gasteiger partial charge is 0.489 e. The molecule has 0 saturated carbocycles. The third-order valence-electron chi connectivity index (χ3n) is 2.80. The monoisotopic (exact) mass is 283 g/mol. The van der Waals surface area contributed by atoms with Crippen LogP contribution in [0.25, 0.3) is 11.4 Å². The first-order valence-corrected chi connectivity index (χ1v) is 6.95. The summed E-state index contributed by atoms with van der Waals surface area (Å²) in [7, 11) is 0. The summed E-state index contributed by atoms with van der Waals surface area (Å²) in [6.07, 6.45) is 0. The molecule has 0 bridgehead atoms. The summed E-state index contributed by atoms with van der Waals surface area (Å²) in [5.74, 6) is 1.47. The molecule has 100 valence electrons. The van der Waals surface area contributed by atoms with Gasteiger partial charge in [-0.25, -0.2) is 0 Å². The molecule has 0 amide bonds. The molecule has 0 aliphatic carbocycles. The smallest absolute Gasteiger partial charge is 0.200 e. The second-order valence-electron chi connectivity index (χ2n) is 4.25. The van der Waals surface area contributed by atoms with E-state index in [0.717, 1.165) is 16.9 Å². The fourth-order valence-electron chi connectivity index (χ4n) is 1.79. The van der Waals surface area contributed by atoms with Crippen molar-refractivity contribution in [3.05, 3.63) is 60.2 Å². The number of anilines is 1. The van der Waals surface area contributed by atoms with E-state index in [2.05, 4.69) is 9.36 Å². The van der Waals surface area contributed by atoms with Gasteiger partial charge in [-0.2, -0.15) is 9.36 Å². The number of nitrogen functional groups attached to an aromatic ring is 1. The molecule has 3 aromatic rings. The lowest BCUT2D eigenvalue weighted by molar-refractivity contribution is 0.306. The Hall–Kier alpha value is -2.40. The van der Waals surface area contributed by atoms with Gasteiger partial charge in [-0.3, -0.25) is 0 Å². The molecule has 5 heteroatoms. The topological polar surface area (TPSA) is 61.0 Å². The van der Waals surface area contributed by atoms with E-state index < -0.39 is 0 Å². The maximum absolute atomic E-state index is 5.73. The Morgan fingerprint density at radius 1 is 1.00 bits per heavy atom. The number of benzene rings is 2. The quantitative estimate of drug-likeness (QED) is 0.797. The minimum atomic E-state index is 0.476. The molecule has 0 atom stereocenters. The van der Waals surface area contributed by atoms with Crippen molar-refractivity contribution in [2.45, 2.75) is 6.61 Å². The predicted molar refractivity (Wildman–Crippen MR) is 80.5 cm³/mol. The molecule has 0 fully saturated rings. The van der Waals surface area contributed by atoms with Crippen molar-refractivity contribution in [2.24, 2.45) is 0 Å². The average Bonchev–Trinajstić information content (AvgIpc) is 2.93. The normalized spacial score (nSPS) is 10.4. The lowest BCUT2D eigenvalue weighted by Gasteiger charge is -2.06. The van der Waals surface area contributed by atoms with Gasteiger partial charge in [0.05, 0.1) is 0 Å². The number of nitrogens with two attached hydrogens (primary N) is 1. The van der Waals surface area contributed by atoms with Gasteiger partial charge in [-0.05, 0) is 29.8 Å². The van der Waals surface area contributed by atoms with Crippen LogP contribution < -0.4 is 10.5 Å². The minimum Gasteiger partial charge on any atom is -0.489 e. The summed E-state index contributed by atoms with van der Waals surface area (Å²) >= 11 is 1.20. The van der Waals surface area contributed by atoms with Crippen molar-refractivity contribution in [3.63, 3.8) is 0 Å². The van der Waals surface area contributed by atoms with E-state index in [4.69, 9.17) is 10.5 Å². The van der Waals surface area contributed by atoms with Crippen LogP contribution in [0.2, 0.25) is 0 Å². The van der Waals surface area contributed by atoms with Gasteiger partial charge < -0.3 is 10.5 Å². The van der Waals surface area contributed by atoms with Crippen LogP contribution in [-0.2, 0) is 6.61 Å². The summed E-state index contributed by atoms with van der Waals surface area (Å²) in [5.41, 5.74) is 7.66. The van der Waals surface area contributed by atoms with Crippen LogP contribution in [0.15, 0.2) is 54.6 Å². The maximum Gasteiger partial charge on any atom is 0.200 e. The molecule has 0 aliphatic heterocycles. The van der Waals surface area contributed by atoms with Gasteiger partial charge >= 0.3 is 0 Å². The second-order valence-corrected chi connectivity index (χ2v) is 5.04. The van der Waals surface area contributed by atoms with Crippen LogP contribution in [0.4, 0.5) is 5.13 Å². The number of hydrogen-bond donors (Lipinski definition) is 1. The highest BCUT2D eigenvalue weighted by atomic mass is 32.1. The van der Waals surface area contributed by atoms with Gasteiger partial charge in [0.2, 0.25) is 0 Å². The summed E-state index contributed by atoms with van der Waals surface area (Å²) in [6, 6.07) is 17.8. The maximum atomic E-state index is 5.73. The van der Waals surface area contributed by atoms with Crippen molar-refractivity contribution in [3.8, 4) is 17.1 Å². The molecule has 0 saturated heterocycles. The van der Waals surface area contributed by atoms with Crippen LogP contribution in [-0.4, -0.2) is 9.36 Å². The molecule has 3 rings (SSSR count). The van der Waals surface area contributed by atoms with E-state index >= 15 is 0 Å². The highest BCUT2D eigenvalue weighted by Crippen LogP contribution is 2.22. The molecule has 0 radical (unpaired) electrons. The highest BCUT2D eigenvalue weighted by molar-refractivity contribution is 7.09. The van der Waals surface area contributed by atoms with Gasteiger partial charge in [0.25, 0.3) is 0 Å². The van der Waals surface area contributed by atoms with Crippen molar-refractivity contribution in [1.82, 2.24) is 9.36 Å². The van der Waals surface area contributed by atoms with Crippen LogP contribution >= 0.6 is 11.5 Å². The molecule has 2 N–H and O–H groups in total. The lowest BCUT2D eigenvalue weighted by atomic mass is 10.2. The van der Waals surface area contributed by atoms with E-state index in [1.807, 2.05) is 54.6 Å². The molecule has 20 heavy (non-hydrogen) atoms. The number of aromatic nitrogens is 2. The molecule has 2 aromatic carbocycles.